The molecule has 0 amide bonds. The number of fused-ring (bicyclic) bond motifs is 2. The van der Waals surface area contributed by atoms with Gasteiger partial charge in [0.05, 0.1) is 45.3 Å². The predicted molar refractivity (Wildman–Crippen MR) is 177 cm³/mol. The third-order valence-corrected chi connectivity index (χ3v) is 7.54. The molecule has 0 bridgehead atoms. The Morgan fingerprint density at radius 3 is 1.20 bits per heavy atom. The number of benzene rings is 5. The fraction of sp³-hybridized carbons (Fsp3) is 0. The molecule has 0 radical (unpaired) electrons. The molecule has 7 rings (SSSR count). The Hall–Kier alpha value is -6.50. The lowest BCUT2D eigenvalue weighted by Crippen LogP contribution is -2.07. The van der Waals surface area contributed by atoms with Crippen molar-refractivity contribution in [2.45, 2.75) is 0 Å². The molecule has 2 heterocycles. The maximum absolute atomic E-state index is 10.4. The van der Waals surface area contributed by atoms with Crippen LogP contribution in [0.2, 0.25) is 0 Å². The van der Waals surface area contributed by atoms with Crippen LogP contribution in [0.1, 0.15) is 22.3 Å². The normalized spacial score (nSPS) is 17.1. The summed E-state index contributed by atoms with van der Waals surface area (Å²) in [5.41, 5.74) is 10.3. The maximum atomic E-state index is 10.4. The van der Waals surface area contributed by atoms with Crippen molar-refractivity contribution in [3.05, 3.63) is 167 Å². The Morgan fingerprint density at radius 2 is 0.818 bits per heavy atom. The van der Waals surface area contributed by atoms with Crippen LogP contribution in [-0.2, 0) is 0 Å². The minimum atomic E-state index is 0.464. The molecule has 0 fully saturated rings. The Morgan fingerprint density at radius 1 is 0.455 bits per heavy atom. The zero-order valence-corrected chi connectivity index (χ0v) is 23.5. The van der Waals surface area contributed by atoms with Crippen molar-refractivity contribution >= 4 is 45.3 Å². The molecule has 5 aromatic carbocycles. The van der Waals surface area contributed by atoms with E-state index in [0.29, 0.717) is 34.0 Å². The molecule has 2 aliphatic rings. The summed E-state index contributed by atoms with van der Waals surface area (Å²) in [5, 5.41) is 27.6. The first kappa shape index (κ1) is 26.4. The summed E-state index contributed by atoms with van der Waals surface area (Å²) < 4.78 is 0. The van der Waals surface area contributed by atoms with Crippen LogP contribution in [0.5, 0.6) is 0 Å². The highest BCUT2D eigenvalue weighted by atomic mass is 15.0. The Bertz CT molecular complexity index is 1950. The number of para-hydroxylation sites is 4. The van der Waals surface area contributed by atoms with Crippen LogP contribution in [0.3, 0.4) is 0 Å². The van der Waals surface area contributed by atoms with Crippen LogP contribution < -0.4 is 10.6 Å². The Kier molecular flexibility index (Phi) is 6.85. The van der Waals surface area contributed by atoms with Gasteiger partial charge in [-0.15, -0.1) is 0 Å². The highest BCUT2D eigenvalue weighted by Crippen LogP contribution is 2.37. The summed E-state index contributed by atoms with van der Waals surface area (Å²) in [6, 6.07) is 47.5. The standard InChI is InChI=1S/C38H24N6/c39-23-31(37-35(41-27-11-3-1-4-12-27)29-15-7-9-17-33(29)43-37)25-19-21-26(22-20-25)32(24-40)38-36(42-28-13-5-2-6-14-28)30-16-8-10-18-34(30)44-38/h1-22,43-44H/b37-31-,38-32-,41-35?,42-36?. The molecular weight excluding hydrogens is 540 g/mol. The van der Waals surface area contributed by atoms with Gasteiger partial charge in [-0.25, -0.2) is 9.98 Å². The lowest BCUT2D eigenvalue weighted by Gasteiger charge is -2.10. The van der Waals surface area contributed by atoms with Crippen molar-refractivity contribution in [3.8, 4) is 12.1 Å². The van der Waals surface area contributed by atoms with Gasteiger partial charge in [0.1, 0.15) is 12.1 Å². The molecule has 0 aromatic heterocycles. The quantitative estimate of drug-likeness (QED) is 0.214. The van der Waals surface area contributed by atoms with Gasteiger partial charge in [0, 0.05) is 22.5 Å². The van der Waals surface area contributed by atoms with Crippen molar-refractivity contribution in [2.24, 2.45) is 9.98 Å². The first-order valence-electron chi connectivity index (χ1n) is 14.1. The lowest BCUT2D eigenvalue weighted by atomic mass is 9.96. The number of anilines is 2. The molecule has 0 spiro atoms. The van der Waals surface area contributed by atoms with Crippen LogP contribution in [0.25, 0.3) is 11.1 Å². The second kappa shape index (κ2) is 11.4. The number of nitrogens with one attached hydrogen (secondary N) is 2. The van der Waals surface area contributed by atoms with Gasteiger partial charge in [0.25, 0.3) is 0 Å². The van der Waals surface area contributed by atoms with E-state index in [1.54, 1.807) is 0 Å². The van der Waals surface area contributed by atoms with Crippen molar-refractivity contribution in [2.75, 3.05) is 10.6 Å². The average Bonchev–Trinajstić information content (AvgIpc) is 3.62. The summed E-state index contributed by atoms with van der Waals surface area (Å²) in [7, 11) is 0. The van der Waals surface area contributed by atoms with Crippen LogP contribution in [0, 0.1) is 22.7 Å². The number of nitrogens with zero attached hydrogens (tertiary/aromatic N) is 4. The smallest absolute Gasteiger partial charge is 0.102 e. The first-order chi connectivity index (χ1) is 21.7. The SMILES string of the molecule is N#C/C(=C1/Nc2ccccc2C1=Nc1ccccc1)c1ccc(/C(C#N)=C2\Nc3ccccc3C2=Nc2ccccc2)cc1. The zero-order chi connectivity index (χ0) is 29.9. The van der Waals surface area contributed by atoms with Gasteiger partial charge in [0.2, 0.25) is 0 Å². The van der Waals surface area contributed by atoms with E-state index in [-0.39, 0.29) is 0 Å². The van der Waals surface area contributed by atoms with Crippen molar-refractivity contribution in [1.82, 2.24) is 0 Å². The monoisotopic (exact) mass is 564 g/mol. The molecule has 0 unspecified atom stereocenters. The predicted octanol–water partition coefficient (Wildman–Crippen LogP) is 8.65. The molecule has 5 aromatic rings. The van der Waals surface area contributed by atoms with E-state index < -0.39 is 0 Å². The minimum absolute atomic E-state index is 0.464. The fourth-order valence-corrected chi connectivity index (χ4v) is 5.44. The third-order valence-electron chi connectivity index (χ3n) is 7.54. The summed E-state index contributed by atoms with van der Waals surface area (Å²) in [6.07, 6.45) is 0. The summed E-state index contributed by atoms with van der Waals surface area (Å²) in [6.45, 7) is 0. The number of hydrogen-bond donors (Lipinski definition) is 2. The molecular formula is C38H24N6. The van der Waals surface area contributed by atoms with Gasteiger partial charge in [-0.05, 0) is 47.5 Å². The van der Waals surface area contributed by atoms with E-state index in [1.165, 1.54) is 0 Å². The van der Waals surface area contributed by atoms with Crippen LogP contribution in [-0.4, -0.2) is 11.4 Å². The minimum Gasteiger partial charge on any atom is -0.352 e. The van der Waals surface area contributed by atoms with E-state index >= 15 is 0 Å². The second-order valence-electron chi connectivity index (χ2n) is 10.2. The van der Waals surface area contributed by atoms with Gasteiger partial charge in [-0.2, -0.15) is 10.5 Å². The molecule has 0 saturated heterocycles. The number of aliphatic imine (C=N–C) groups is 2. The number of hydrogen-bond acceptors (Lipinski definition) is 6. The van der Waals surface area contributed by atoms with Gasteiger partial charge in [0.15, 0.2) is 0 Å². The van der Waals surface area contributed by atoms with Crippen molar-refractivity contribution in [1.29, 1.82) is 10.5 Å². The number of nitriles is 2. The largest absolute Gasteiger partial charge is 0.352 e. The summed E-state index contributed by atoms with van der Waals surface area (Å²) in [4.78, 5) is 9.84. The molecule has 2 aliphatic heterocycles. The summed E-state index contributed by atoms with van der Waals surface area (Å²) in [5.74, 6) is 0. The third kappa shape index (κ3) is 4.83. The van der Waals surface area contributed by atoms with Crippen LogP contribution in [0.15, 0.2) is 155 Å². The fourth-order valence-electron chi connectivity index (χ4n) is 5.44. The van der Waals surface area contributed by atoms with E-state index in [1.807, 2.05) is 133 Å². The highest BCUT2D eigenvalue weighted by molar-refractivity contribution is 6.27. The summed E-state index contributed by atoms with van der Waals surface area (Å²) >= 11 is 0. The second-order valence-corrected chi connectivity index (χ2v) is 10.2. The van der Waals surface area contributed by atoms with Gasteiger partial charge in [-0.3, -0.25) is 0 Å². The molecule has 0 aliphatic carbocycles. The van der Waals surface area contributed by atoms with Gasteiger partial charge >= 0.3 is 0 Å². The van der Waals surface area contributed by atoms with E-state index in [2.05, 4.69) is 22.8 Å². The molecule has 206 valence electrons. The van der Waals surface area contributed by atoms with Crippen molar-refractivity contribution in [3.63, 3.8) is 0 Å². The Balaban J connectivity index is 1.31. The van der Waals surface area contributed by atoms with E-state index in [9.17, 15) is 10.5 Å². The maximum Gasteiger partial charge on any atom is 0.102 e. The number of allylic oxidation sites excluding steroid dienone is 4. The molecule has 6 heteroatoms. The van der Waals surface area contributed by atoms with Gasteiger partial charge in [-0.1, -0.05) is 97.1 Å². The average molecular weight is 565 g/mol. The molecule has 0 atom stereocenters. The topological polar surface area (TPSA) is 96.4 Å². The molecule has 6 nitrogen and oxygen atoms in total. The Labute approximate surface area is 255 Å². The molecule has 44 heavy (non-hydrogen) atoms. The number of rotatable bonds is 4. The lowest BCUT2D eigenvalue weighted by molar-refractivity contribution is 1.46. The van der Waals surface area contributed by atoms with E-state index in [0.717, 1.165) is 45.0 Å². The highest BCUT2D eigenvalue weighted by Gasteiger charge is 2.28. The zero-order valence-electron chi connectivity index (χ0n) is 23.5. The van der Waals surface area contributed by atoms with Crippen LogP contribution >= 0.6 is 0 Å². The molecule has 0 saturated carbocycles. The van der Waals surface area contributed by atoms with Crippen molar-refractivity contribution < 1.29 is 0 Å². The first-order valence-corrected chi connectivity index (χ1v) is 14.1. The van der Waals surface area contributed by atoms with Gasteiger partial charge < -0.3 is 10.6 Å². The molecule has 2 N–H and O–H groups in total. The van der Waals surface area contributed by atoms with E-state index in [4.69, 9.17) is 9.98 Å². The van der Waals surface area contributed by atoms with Crippen LogP contribution in [0.4, 0.5) is 22.7 Å².